The van der Waals surface area contributed by atoms with Crippen molar-refractivity contribution < 1.29 is 0 Å². The normalized spacial score (nSPS) is 16.5. The molecule has 0 aliphatic heterocycles. The molecule has 86 valence electrons. The average molecular weight is 224 g/mol. The van der Waals surface area contributed by atoms with E-state index in [-0.39, 0.29) is 11.9 Å². The third-order valence-electron chi connectivity index (χ3n) is 2.94. The van der Waals surface area contributed by atoms with Crippen molar-refractivity contribution >= 4 is 11.5 Å². The molecule has 0 radical (unpaired) electrons. The number of anilines is 1. The van der Waals surface area contributed by atoms with Gasteiger partial charge in [0.2, 0.25) is 5.69 Å². The second-order valence-corrected chi connectivity index (χ2v) is 3.89. The number of nitrogens with two attached hydrogens (primary N) is 1. The van der Waals surface area contributed by atoms with Gasteiger partial charge in [0.05, 0.1) is 0 Å². The zero-order valence-corrected chi connectivity index (χ0v) is 8.60. The van der Waals surface area contributed by atoms with Gasteiger partial charge in [-0.3, -0.25) is 14.3 Å². The van der Waals surface area contributed by atoms with Crippen LogP contribution in [-0.4, -0.2) is 9.55 Å². The fourth-order valence-corrected chi connectivity index (χ4v) is 2.17. The minimum Gasteiger partial charge on any atom is -0.383 e. The Morgan fingerprint density at radius 3 is 2.50 bits per heavy atom. The molecular formula is C9H12N4O3. The van der Waals surface area contributed by atoms with Crippen LogP contribution >= 0.6 is 0 Å². The van der Waals surface area contributed by atoms with Gasteiger partial charge >= 0.3 is 5.69 Å². The summed E-state index contributed by atoms with van der Waals surface area (Å²) in [6.07, 6.45) is 3.68. The van der Waals surface area contributed by atoms with Gasteiger partial charge in [-0.2, -0.15) is 0 Å². The third kappa shape index (κ3) is 1.54. The summed E-state index contributed by atoms with van der Waals surface area (Å²) in [5.74, 6) is -0.129. The number of nitrogen functional groups attached to an aromatic ring is 1. The van der Waals surface area contributed by atoms with E-state index in [1.54, 1.807) is 0 Å². The average Bonchev–Trinajstić information content (AvgIpc) is 2.70. The van der Waals surface area contributed by atoms with Crippen LogP contribution in [0.2, 0.25) is 0 Å². The van der Waals surface area contributed by atoms with E-state index in [0.717, 1.165) is 25.7 Å². The molecule has 16 heavy (non-hydrogen) atoms. The van der Waals surface area contributed by atoms with Crippen LogP contribution in [0.25, 0.3) is 0 Å². The first-order valence-corrected chi connectivity index (χ1v) is 5.13. The van der Waals surface area contributed by atoms with E-state index < -0.39 is 16.9 Å². The van der Waals surface area contributed by atoms with Crippen LogP contribution in [-0.2, 0) is 0 Å². The molecule has 1 heterocycles. The van der Waals surface area contributed by atoms with Gasteiger partial charge < -0.3 is 5.73 Å². The summed E-state index contributed by atoms with van der Waals surface area (Å²) in [7, 11) is 0. The molecule has 3 N–H and O–H groups in total. The highest BCUT2D eigenvalue weighted by Gasteiger charge is 2.23. The minimum absolute atomic E-state index is 0.0372. The molecule has 7 nitrogen and oxygen atoms in total. The Kier molecular flexibility index (Phi) is 2.59. The van der Waals surface area contributed by atoms with Gasteiger partial charge in [-0.15, -0.1) is 4.91 Å². The summed E-state index contributed by atoms with van der Waals surface area (Å²) in [5, 5.41) is 2.56. The summed E-state index contributed by atoms with van der Waals surface area (Å²) < 4.78 is 1.27. The molecule has 7 heteroatoms. The molecule has 1 aliphatic rings. The summed E-state index contributed by atoms with van der Waals surface area (Å²) in [5.41, 5.74) is 3.82. The Hall–Kier alpha value is -1.92. The van der Waals surface area contributed by atoms with Crippen molar-refractivity contribution in [2.24, 2.45) is 5.18 Å². The van der Waals surface area contributed by atoms with E-state index in [9.17, 15) is 14.5 Å². The van der Waals surface area contributed by atoms with Crippen LogP contribution in [0, 0.1) is 4.91 Å². The molecule has 1 aromatic rings. The first-order valence-electron chi connectivity index (χ1n) is 5.13. The van der Waals surface area contributed by atoms with Crippen molar-refractivity contribution in [2.45, 2.75) is 31.7 Å². The third-order valence-corrected chi connectivity index (χ3v) is 2.94. The summed E-state index contributed by atoms with van der Waals surface area (Å²) in [6.45, 7) is 0. The van der Waals surface area contributed by atoms with Crippen LogP contribution < -0.4 is 17.0 Å². The lowest BCUT2D eigenvalue weighted by Gasteiger charge is -2.15. The molecule has 1 saturated carbocycles. The van der Waals surface area contributed by atoms with Crippen LogP contribution in [0.1, 0.15) is 31.7 Å². The lowest BCUT2D eigenvalue weighted by atomic mass is 10.2. The van der Waals surface area contributed by atoms with Crippen molar-refractivity contribution in [3.63, 3.8) is 0 Å². The Balaban J connectivity index is 2.64. The summed E-state index contributed by atoms with van der Waals surface area (Å²) in [4.78, 5) is 35.3. The standard InChI is InChI=1S/C9H12N4O3/c10-7-6(12-16)8(14)11-9(15)13(7)5-3-1-2-4-5/h5H,1-4,10H2,(H,11,14,15). The Morgan fingerprint density at radius 1 is 1.31 bits per heavy atom. The monoisotopic (exact) mass is 224 g/mol. The molecule has 0 bridgehead atoms. The van der Waals surface area contributed by atoms with Gasteiger partial charge in [0, 0.05) is 6.04 Å². The molecule has 0 atom stereocenters. The molecule has 2 rings (SSSR count). The highest BCUT2D eigenvalue weighted by atomic mass is 16.3. The SMILES string of the molecule is Nc1c(N=O)c(=O)[nH]c(=O)n1C1CCCC1. The van der Waals surface area contributed by atoms with Gasteiger partial charge in [0.1, 0.15) is 5.82 Å². The highest BCUT2D eigenvalue weighted by Crippen LogP contribution is 2.31. The van der Waals surface area contributed by atoms with Gasteiger partial charge in [-0.05, 0) is 18.0 Å². The quantitative estimate of drug-likeness (QED) is 0.717. The molecular weight excluding hydrogens is 212 g/mol. The van der Waals surface area contributed by atoms with Crippen molar-refractivity contribution in [1.29, 1.82) is 0 Å². The maximum Gasteiger partial charge on any atom is 0.330 e. The van der Waals surface area contributed by atoms with E-state index in [1.165, 1.54) is 4.57 Å². The van der Waals surface area contributed by atoms with Crippen LogP contribution in [0.3, 0.4) is 0 Å². The zero-order valence-electron chi connectivity index (χ0n) is 8.60. The van der Waals surface area contributed by atoms with Crippen LogP contribution in [0.15, 0.2) is 14.8 Å². The van der Waals surface area contributed by atoms with Crippen molar-refractivity contribution in [3.05, 3.63) is 25.7 Å². The van der Waals surface area contributed by atoms with E-state index in [4.69, 9.17) is 5.73 Å². The molecule has 0 saturated heterocycles. The molecule has 0 amide bonds. The van der Waals surface area contributed by atoms with Crippen molar-refractivity contribution in [3.8, 4) is 0 Å². The smallest absolute Gasteiger partial charge is 0.330 e. The Labute approximate surface area is 90.3 Å². The molecule has 0 spiro atoms. The number of rotatable bonds is 2. The number of hydrogen-bond acceptors (Lipinski definition) is 5. The molecule has 0 unspecified atom stereocenters. The number of aromatic nitrogens is 2. The predicted molar refractivity (Wildman–Crippen MR) is 58.7 cm³/mol. The molecule has 1 aromatic heterocycles. The number of nitrogens with zero attached hydrogens (tertiary/aromatic N) is 2. The van der Waals surface area contributed by atoms with Crippen molar-refractivity contribution in [1.82, 2.24) is 9.55 Å². The van der Waals surface area contributed by atoms with Crippen LogP contribution in [0.4, 0.5) is 11.5 Å². The maximum atomic E-state index is 11.6. The number of hydrogen-bond donors (Lipinski definition) is 2. The topological polar surface area (TPSA) is 110 Å². The fraction of sp³-hybridized carbons (Fsp3) is 0.556. The van der Waals surface area contributed by atoms with E-state index in [1.807, 2.05) is 0 Å². The Bertz CT molecular complexity index is 525. The first-order chi connectivity index (χ1) is 7.65. The fourth-order valence-electron chi connectivity index (χ4n) is 2.17. The number of nitrogens with one attached hydrogen (secondary N) is 1. The van der Waals surface area contributed by atoms with E-state index >= 15 is 0 Å². The van der Waals surface area contributed by atoms with Gasteiger partial charge in [0.25, 0.3) is 5.56 Å². The van der Waals surface area contributed by atoms with E-state index in [0.29, 0.717) is 0 Å². The number of nitroso groups, excluding NO2 is 1. The van der Waals surface area contributed by atoms with E-state index in [2.05, 4.69) is 10.2 Å². The molecule has 0 aromatic carbocycles. The second-order valence-electron chi connectivity index (χ2n) is 3.89. The summed E-state index contributed by atoms with van der Waals surface area (Å²) >= 11 is 0. The largest absolute Gasteiger partial charge is 0.383 e. The first kappa shape index (κ1) is 10.6. The Morgan fingerprint density at radius 2 is 1.94 bits per heavy atom. The minimum atomic E-state index is -0.827. The molecule has 1 fully saturated rings. The second kappa shape index (κ2) is 3.92. The lowest BCUT2D eigenvalue weighted by molar-refractivity contribution is 0.499. The van der Waals surface area contributed by atoms with Crippen LogP contribution in [0.5, 0.6) is 0 Å². The summed E-state index contributed by atoms with van der Waals surface area (Å²) in [6, 6.07) is -0.0372. The number of H-pyrrole nitrogens is 1. The maximum absolute atomic E-state index is 11.6. The highest BCUT2D eigenvalue weighted by molar-refractivity contribution is 5.55. The van der Waals surface area contributed by atoms with Gasteiger partial charge in [-0.1, -0.05) is 12.8 Å². The predicted octanol–water partition coefficient (Wildman–Crippen LogP) is 0.632. The zero-order chi connectivity index (χ0) is 11.7. The van der Waals surface area contributed by atoms with Gasteiger partial charge in [0.15, 0.2) is 0 Å². The van der Waals surface area contributed by atoms with Gasteiger partial charge in [-0.25, -0.2) is 4.79 Å². The lowest BCUT2D eigenvalue weighted by Crippen LogP contribution is -2.33. The van der Waals surface area contributed by atoms with Crippen molar-refractivity contribution in [2.75, 3.05) is 5.73 Å². The molecule has 1 aliphatic carbocycles. The number of aromatic amines is 1.